The molecule has 0 aliphatic heterocycles. The van der Waals surface area contributed by atoms with Gasteiger partial charge in [-0.15, -0.1) is 11.3 Å². The Bertz CT molecular complexity index is 1210. The number of carbonyl (C=O) groups is 1. The molecule has 7 heteroatoms. The molecular formula is C22H17NO4S2. The summed E-state index contributed by atoms with van der Waals surface area (Å²) in [4.78, 5) is 17.0. The average Bonchev–Trinajstić information content (AvgIpc) is 3.16. The van der Waals surface area contributed by atoms with Crippen LogP contribution in [0.25, 0.3) is 10.2 Å². The zero-order valence-corrected chi connectivity index (χ0v) is 16.9. The minimum atomic E-state index is -3.43. The van der Waals surface area contributed by atoms with Gasteiger partial charge in [-0.05, 0) is 42.0 Å². The lowest BCUT2D eigenvalue weighted by molar-refractivity contribution is 0.0472. The van der Waals surface area contributed by atoms with Crippen molar-refractivity contribution in [2.75, 3.05) is 0 Å². The van der Waals surface area contributed by atoms with Crippen LogP contribution in [0.3, 0.4) is 0 Å². The van der Waals surface area contributed by atoms with Gasteiger partial charge in [-0.2, -0.15) is 0 Å². The molecule has 0 saturated carbocycles. The number of hydrogen-bond donors (Lipinski definition) is 0. The second-order valence-electron chi connectivity index (χ2n) is 6.42. The first kappa shape index (κ1) is 19.3. The Kier molecular flexibility index (Phi) is 5.42. The third kappa shape index (κ3) is 4.52. The Labute approximate surface area is 172 Å². The van der Waals surface area contributed by atoms with Gasteiger partial charge in [-0.3, -0.25) is 0 Å². The Morgan fingerprint density at radius 3 is 2.31 bits per heavy atom. The number of hydrogen-bond acceptors (Lipinski definition) is 6. The molecule has 5 nitrogen and oxygen atoms in total. The standard InChI is InChI=1S/C22H17NO4S2/c24-22(27-14-21-23-19-8-4-5-9-20(19)28-21)17-12-10-16(11-13-17)15-29(25,26)18-6-2-1-3-7-18/h1-13H,14-15H2. The molecule has 146 valence electrons. The van der Waals surface area contributed by atoms with Gasteiger partial charge >= 0.3 is 5.97 Å². The van der Waals surface area contributed by atoms with Gasteiger partial charge in [-0.25, -0.2) is 18.2 Å². The lowest BCUT2D eigenvalue weighted by Gasteiger charge is -2.06. The van der Waals surface area contributed by atoms with E-state index in [1.165, 1.54) is 11.3 Å². The first-order valence-corrected chi connectivity index (χ1v) is 11.4. The quantitative estimate of drug-likeness (QED) is 0.423. The Hall–Kier alpha value is -3.03. The van der Waals surface area contributed by atoms with E-state index >= 15 is 0 Å². The van der Waals surface area contributed by atoms with Crippen LogP contribution in [-0.4, -0.2) is 19.4 Å². The fourth-order valence-corrected chi connectivity index (χ4v) is 5.11. The van der Waals surface area contributed by atoms with Gasteiger partial charge in [-0.1, -0.05) is 42.5 Å². The number of thiazole rings is 1. The predicted octanol–water partition coefficient (Wildman–Crippen LogP) is 4.63. The fourth-order valence-electron chi connectivity index (χ4n) is 2.86. The van der Waals surface area contributed by atoms with Crippen molar-refractivity contribution in [1.82, 2.24) is 4.98 Å². The van der Waals surface area contributed by atoms with E-state index in [1.807, 2.05) is 24.3 Å². The van der Waals surface area contributed by atoms with Crippen LogP contribution in [0.15, 0.2) is 83.8 Å². The van der Waals surface area contributed by atoms with Crippen molar-refractivity contribution in [2.45, 2.75) is 17.3 Å². The highest BCUT2D eigenvalue weighted by molar-refractivity contribution is 7.90. The summed E-state index contributed by atoms with van der Waals surface area (Å²) >= 11 is 1.49. The third-order valence-corrected chi connectivity index (χ3v) is 7.03. The highest BCUT2D eigenvalue weighted by atomic mass is 32.2. The fraction of sp³-hybridized carbons (Fsp3) is 0.0909. The zero-order valence-electron chi connectivity index (χ0n) is 15.3. The molecule has 0 aliphatic carbocycles. The molecule has 4 rings (SSSR count). The van der Waals surface area contributed by atoms with Crippen LogP contribution in [0.5, 0.6) is 0 Å². The maximum Gasteiger partial charge on any atom is 0.338 e. The van der Waals surface area contributed by atoms with E-state index in [0.717, 1.165) is 15.2 Å². The number of esters is 1. The number of sulfone groups is 1. The van der Waals surface area contributed by atoms with Crippen molar-refractivity contribution in [3.63, 3.8) is 0 Å². The molecule has 0 saturated heterocycles. The highest BCUT2D eigenvalue weighted by Gasteiger charge is 2.16. The summed E-state index contributed by atoms with van der Waals surface area (Å²) in [6, 6.07) is 22.5. The summed E-state index contributed by atoms with van der Waals surface area (Å²) < 4.78 is 31.3. The molecule has 0 amide bonds. The first-order valence-electron chi connectivity index (χ1n) is 8.90. The van der Waals surface area contributed by atoms with Crippen molar-refractivity contribution in [2.24, 2.45) is 0 Å². The smallest absolute Gasteiger partial charge is 0.338 e. The van der Waals surface area contributed by atoms with E-state index in [9.17, 15) is 13.2 Å². The molecule has 0 spiro atoms. The van der Waals surface area contributed by atoms with Gasteiger partial charge in [0.2, 0.25) is 0 Å². The monoisotopic (exact) mass is 423 g/mol. The third-order valence-electron chi connectivity index (χ3n) is 4.31. The molecule has 0 atom stereocenters. The molecule has 4 aromatic rings. The Balaban J connectivity index is 1.40. The van der Waals surface area contributed by atoms with Crippen LogP contribution >= 0.6 is 11.3 Å². The number of fused-ring (bicyclic) bond motifs is 1. The summed E-state index contributed by atoms with van der Waals surface area (Å²) in [6.07, 6.45) is 0. The van der Waals surface area contributed by atoms with Crippen LogP contribution in [0.2, 0.25) is 0 Å². The zero-order chi connectivity index (χ0) is 20.3. The van der Waals surface area contributed by atoms with Crippen LogP contribution in [0.4, 0.5) is 0 Å². The molecular weight excluding hydrogens is 406 g/mol. The van der Waals surface area contributed by atoms with Crippen molar-refractivity contribution >= 4 is 37.4 Å². The predicted molar refractivity (Wildman–Crippen MR) is 113 cm³/mol. The SMILES string of the molecule is O=C(OCc1nc2ccccc2s1)c1ccc(CS(=O)(=O)c2ccccc2)cc1. The molecule has 0 aliphatic rings. The van der Waals surface area contributed by atoms with E-state index in [2.05, 4.69) is 4.98 Å². The normalized spacial score (nSPS) is 11.4. The molecule has 0 bridgehead atoms. The molecule has 1 heterocycles. The summed E-state index contributed by atoms with van der Waals surface area (Å²) in [6.45, 7) is 0.0995. The minimum Gasteiger partial charge on any atom is -0.455 e. The number of nitrogens with zero attached hydrogens (tertiary/aromatic N) is 1. The number of rotatable bonds is 6. The van der Waals surface area contributed by atoms with Crippen molar-refractivity contribution in [3.05, 3.63) is 95.0 Å². The molecule has 3 aromatic carbocycles. The maximum absolute atomic E-state index is 12.5. The van der Waals surface area contributed by atoms with E-state index < -0.39 is 15.8 Å². The first-order chi connectivity index (χ1) is 14.0. The van der Waals surface area contributed by atoms with Crippen LogP contribution in [0.1, 0.15) is 20.9 Å². The molecule has 0 fully saturated rings. The Morgan fingerprint density at radius 2 is 1.59 bits per heavy atom. The van der Waals surface area contributed by atoms with Crippen molar-refractivity contribution in [3.8, 4) is 0 Å². The number of ether oxygens (including phenoxy) is 1. The number of carbonyl (C=O) groups excluding carboxylic acids is 1. The largest absolute Gasteiger partial charge is 0.455 e. The number of para-hydroxylation sites is 1. The lowest BCUT2D eigenvalue weighted by atomic mass is 10.1. The van der Waals surface area contributed by atoms with E-state index in [0.29, 0.717) is 11.1 Å². The molecule has 0 N–H and O–H groups in total. The Morgan fingerprint density at radius 1 is 0.897 bits per heavy atom. The van der Waals surface area contributed by atoms with E-state index in [-0.39, 0.29) is 17.3 Å². The van der Waals surface area contributed by atoms with Crippen LogP contribution in [0, 0.1) is 0 Å². The van der Waals surface area contributed by atoms with Crippen molar-refractivity contribution < 1.29 is 17.9 Å². The summed E-state index contributed by atoms with van der Waals surface area (Å²) in [7, 11) is -3.43. The van der Waals surface area contributed by atoms with Gasteiger partial charge < -0.3 is 4.74 Å². The summed E-state index contributed by atoms with van der Waals surface area (Å²) in [5.41, 5.74) is 1.86. The van der Waals surface area contributed by atoms with Crippen LogP contribution < -0.4 is 0 Å². The van der Waals surface area contributed by atoms with Gasteiger partial charge in [0.25, 0.3) is 0 Å². The summed E-state index contributed by atoms with van der Waals surface area (Å²) in [5.74, 6) is -0.598. The topological polar surface area (TPSA) is 73.3 Å². The number of aromatic nitrogens is 1. The summed E-state index contributed by atoms with van der Waals surface area (Å²) in [5, 5.41) is 0.727. The van der Waals surface area contributed by atoms with E-state index in [1.54, 1.807) is 54.6 Å². The lowest BCUT2D eigenvalue weighted by Crippen LogP contribution is -2.07. The highest BCUT2D eigenvalue weighted by Crippen LogP contribution is 2.22. The van der Waals surface area contributed by atoms with Crippen molar-refractivity contribution in [1.29, 1.82) is 0 Å². The van der Waals surface area contributed by atoms with Gasteiger partial charge in [0.05, 0.1) is 26.4 Å². The van der Waals surface area contributed by atoms with Crippen LogP contribution in [-0.2, 0) is 26.9 Å². The maximum atomic E-state index is 12.5. The minimum absolute atomic E-state index is 0.0995. The molecule has 29 heavy (non-hydrogen) atoms. The van der Waals surface area contributed by atoms with Gasteiger partial charge in [0, 0.05) is 0 Å². The van der Waals surface area contributed by atoms with Gasteiger partial charge in [0.15, 0.2) is 9.84 Å². The second kappa shape index (κ2) is 8.14. The molecule has 0 unspecified atom stereocenters. The average molecular weight is 424 g/mol. The van der Waals surface area contributed by atoms with E-state index in [4.69, 9.17) is 4.74 Å². The molecule has 0 radical (unpaired) electrons. The second-order valence-corrected chi connectivity index (χ2v) is 9.53. The van der Waals surface area contributed by atoms with Gasteiger partial charge in [0.1, 0.15) is 11.6 Å². The number of benzene rings is 3. The molecule has 1 aromatic heterocycles.